The number of phenolic OH excluding ortho intramolecular Hbond substituents is 1. The smallest absolute Gasteiger partial charge is 0.261 e. The Labute approximate surface area is 113 Å². The lowest BCUT2D eigenvalue weighted by atomic mass is 9.99. The molecule has 0 saturated carbocycles. The molecule has 1 N–H and O–H groups in total. The summed E-state index contributed by atoms with van der Waals surface area (Å²) in [6.07, 6.45) is 0.876. The Morgan fingerprint density at radius 1 is 1.37 bits per heavy atom. The molecule has 2 aromatic rings. The first-order chi connectivity index (χ1) is 9.18. The van der Waals surface area contributed by atoms with Crippen LogP contribution < -0.4 is 0 Å². The first kappa shape index (κ1) is 12.2. The molecule has 0 aliphatic carbocycles. The Morgan fingerprint density at radius 2 is 2.21 bits per heavy atom. The number of carbonyl (C=O) groups excluding carboxylic acids is 1. The fourth-order valence-electron chi connectivity index (χ4n) is 2.28. The first-order valence-corrected chi connectivity index (χ1v) is 6.88. The molecule has 19 heavy (non-hydrogen) atoms. The van der Waals surface area contributed by atoms with E-state index in [2.05, 4.69) is 0 Å². The number of benzene rings is 1. The minimum atomic E-state index is -0.679. The summed E-state index contributed by atoms with van der Waals surface area (Å²) in [5.41, 5.74) is -0.233. The maximum absolute atomic E-state index is 13.7. The number of nitrogens with zero attached hydrogens (tertiary/aromatic N) is 1. The number of hydrogen-bond donors (Lipinski definition) is 1. The summed E-state index contributed by atoms with van der Waals surface area (Å²) in [5, 5.41) is 11.6. The van der Waals surface area contributed by atoms with Crippen LogP contribution in [0.25, 0.3) is 0 Å². The highest BCUT2D eigenvalue weighted by atomic mass is 32.1. The summed E-state index contributed by atoms with van der Waals surface area (Å²) >= 11 is 1.58. The summed E-state index contributed by atoms with van der Waals surface area (Å²) in [7, 11) is 0. The van der Waals surface area contributed by atoms with Crippen molar-refractivity contribution in [1.82, 2.24) is 4.90 Å². The van der Waals surface area contributed by atoms with Gasteiger partial charge in [-0.1, -0.05) is 12.1 Å². The van der Waals surface area contributed by atoms with Gasteiger partial charge < -0.3 is 10.0 Å². The lowest BCUT2D eigenvalue weighted by Gasteiger charge is -2.40. The Hall–Kier alpha value is -1.88. The Balaban J connectivity index is 1.89. The van der Waals surface area contributed by atoms with Crippen LogP contribution in [0.15, 0.2) is 35.7 Å². The van der Waals surface area contributed by atoms with Gasteiger partial charge in [0.15, 0.2) is 0 Å². The molecule has 1 fully saturated rings. The summed E-state index contributed by atoms with van der Waals surface area (Å²) in [5.74, 6) is -1.43. The van der Waals surface area contributed by atoms with Crippen molar-refractivity contribution < 1.29 is 14.3 Å². The molecular formula is C14H12FNO2S. The highest BCUT2D eigenvalue weighted by molar-refractivity contribution is 7.10. The zero-order valence-electron chi connectivity index (χ0n) is 10.0. The summed E-state index contributed by atoms with van der Waals surface area (Å²) in [4.78, 5) is 15.0. The van der Waals surface area contributed by atoms with Gasteiger partial charge in [0, 0.05) is 11.4 Å². The highest BCUT2D eigenvalue weighted by Crippen LogP contribution is 2.38. The molecule has 1 aromatic carbocycles. The van der Waals surface area contributed by atoms with Crippen LogP contribution in [0.1, 0.15) is 27.7 Å². The van der Waals surface area contributed by atoms with Crippen LogP contribution in [0.2, 0.25) is 0 Å². The van der Waals surface area contributed by atoms with E-state index in [-0.39, 0.29) is 17.4 Å². The molecule has 0 radical (unpaired) electrons. The number of phenols is 1. The van der Waals surface area contributed by atoms with E-state index in [0.29, 0.717) is 6.54 Å². The number of halogens is 1. The van der Waals surface area contributed by atoms with Crippen molar-refractivity contribution >= 4 is 17.2 Å². The average molecular weight is 277 g/mol. The van der Waals surface area contributed by atoms with Gasteiger partial charge in [0.2, 0.25) is 0 Å². The molecule has 1 atom stereocenters. The predicted molar refractivity (Wildman–Crippen MR) is 70.8 cm³/mol. The number of likely N-dealkylation sites (tertiary alicyclic amines) is 1. The van der Waals surface area contributed by atoms with Crippen LogP contribution in [-0.2, 0) is 0 Å². The van der Waals surface area contributed by atoms with Crippen LogP contribution in [-0.4, -0.2) is 22.5 Å². The third-order valence-corrected chi connectivity index (χ3v) is 4.33. The number of rotatable bonds is 2. The molecule has 1 unspecified atom stereocenters. The van der Waals surface area contributed by atoms with Gasteiger partial charge >= 0.3 is 0 Å². The van der Waals surface area contributed by atoms with Crippen LogP contribution in [0.5, 0.6) is 5.75 Å². The van der Waals surface area contributed by atoms with E-state index in [1.807, 2.05) is 17.5 Å². The molecule has 0 spiro atoms. The van der Waals surface area contributed by atoms with E-state index in [4.69, 9.17) is 0 Å². The second-order valence-electron chi connectivity index (χ2n) is 4.45. The molecule has 98 valence electrons. The van der Waals surface area contributed by atoms with E-state index in [9.17, 15) is 14.3 Å². The summed E-state index contributed by atoms with van der Waals surface area (Å²) in [6.45, 7) is 0.592. The van der Waals surface area contributed by atoms with Gasteiger partial charge in [0.05, 0.1) is 6.04 Å². The first-order valence-electron chi connectivity index (χ1n) is 6.00. The van der Waals surface area contributed by atoms with Crippen LogP contribution >= 0.6 is 11.3 Å². The Kier molecular flexibility index (Phi) is 2.98. The van der Waals surface area contributed by atoms with E-state index in [0.717, 1.165) is 11.3 Å². The normalized spacial score (nSPS) is 18.2. The van der Waals surface area contributed by atoms with Gasteiger partial charge in [-0.05, 0) is 30.0 Å². The van der Waals surface area contributed by atoms with E-state index in [1.165, 1.54) is 18.2 Å². The van der Waals surface area contributed by atoms with Crippen molar-refractivity contribution in [2.24, 2.45) is 0 Å². The number of aromatic hydroxyl groups is 1. The van der Waals surface area contributed by atoms with Crippen molar-refractivity contribution in [2.75, 3.05) is 6.54 Å². The fraction of sp³-hybridized carbons (Fsp3) is 0.214. The van der Waals surface area contributed by atoms with Crippen molar-refractivity contribution in [1.29, 1.82) is 0 Å². The molecule has 0 bridgehead atoms. The molecule has 3 rings (SSSR count). The van der Waals surface area contributed by atoms with E-state index in [1.54, 1.807) is 16.2 Å². The third kappa shape index (κ3) is 2.00. The van der Waals surface area contributed by atoms with Gasteiger partial charge in [-0.2, -0.15) is 0 Å². The minimum absolute atomic E-state index is 0.00602. The maximum Gasteiger partial charge on any atom is 0.261 e. The van der Waals surface area contributed by atoms with Gasteiger partial charge in [-0.3, -0.25) is 4.79 Å². The molecule has 1 saturated heterocycles. The molecule has 1 amide bonds. The second kappa shape index (κ2) is 4.66. The van der Waals surface area contributed by atoms with Crippen LogP contribution in [0.3, 0.4) is 0 Å². The van der Waals surface area contributed by atoms with Gasteiger partial charge in [-0.25, -0.2) is 4.39 Å². The molecule has 1 aliphatic rings. The zero-order chi connectivity index (χ0) is 13.4. The maximum atomic E-state index is 13.7. The fourth-order valence-corrected chi connectivity index (χ4v) is 3.15. The monoisotopic (exact) mass is 277 g/mol. The van der Waals surface area contributed by atoms with Crippen LogP contribution in [0.4, 0.5) is 4.39 Å². The number of thiophene rings is 1. The van der Waals surface area contributed by atoms with E-state index >= 15 is 0 Å². The number of hydrogen-bond acceptors (Lipinski definition) is 3. The third-order valence-electron chi connectivity index (χ3n) is 3.36. The topological polar surface area (TPSA) is 40.5 Å². The number of carbonyl (C=O) groups is 1. The highest BCUT2D eigenvalue weighted by Gasteiger charge is 2.36. The Bertz CT molecular complexity index is 592. The van der Waals surface area contributed by atoms with Crippen molar-refractivity contribution in [3.8, 4) is 5.75 Å². The van der Waals surface area contributed by atoms with Crippen LogP contribution in [0, 0.1) is 5.82 Å². The predicted octanol–water partition coefficient (Wildman–Crippen LogP) is 3.18. The molecular weight excluding hydrogens is 265 g/mol. The standard InChI is InChI=1S/C14H12FNO2S/c15-9-3-1-4-11(17)13(9)14(18)16-7-6-10(16)12-5-2-8-19-12/h1-5,8,10,17H,6-7H2. The molecule has 2 heterocycles. The summed E-state index contributed by atoms with van der Waals surface area (Å²) in [6, 6.07) is 7.81. The van der Waals surface area contributed by atoms with Crippen molar-refractivity contribution in [2.45, 2.75) is 12.5 Å². The molecule has 3 nitrogen and oxygen atoms in total. The van der Waals surface area contributed by atoms with E-state index < -0.39 is 11.7 Å². The number of amides is 1. The van der Waals surface area contributed by atoms with Gasteiger partial charge in [-0.15, -0.1) is 11.3 Å². The zero-order valence-corrected chi connectivity index (χ0v) is 10.9. The lowest BCUT2D eigenvalue weighted by molar-refractivity contribution is 0.0460. The van der Waals surface area contributed by atoms with Crippen molar-refractivity contribution in [3.05, 3.63) is 52.0 Å². The lowest BCUT2D eigenvalue weighted by Crippen LogP contribution is -2.45. The average Bonchev–Trinajstić information content (AvgIpc) is 2.80. The SMILES string of the molecule is O=C(c1c(O)cccc1F)N1CCC1c1cccs1. The summed E-state index contributed by atoms with van der Waals surface area (Å²) < 4.78 is 13.7. The Morgan fingerprint density at radius 3 is 2.79 bits per heavy atom. The molecule has 1 aromatic heterocycles. The molecule has 5 heteroatoms. The second-order valence-corrected chi connectivity index (χ2v) is 5.43. The van der Waals surface area contributed by atoms with Gasteiger partial charge in [0.1, 0.15) is 17.1 Å². The molecule has 1 aliphatic heterocycles. The van der Waals surface area contributed by atoms with Gasteiger partial charge in [0.25, 0.3) is 5.91 Å². The quantitative estimate of drug-likeness (QED) is 0.916. The minimum Gasteiger partial charge on any atom is -0.507 e. The van der Waals surface area contributed by atoms with Crippen molar-refractivity contribution in [3.63, 3.8) is 0 Å². The largest absolute Gasteiger partial charge is 0.507 e.